The number of halogens is 3. The summed E-state index contributed by atoms with van der Waals surface area (Å²) in [5.74, 6) is -0.792. The molecule has 3 rings (SSSR count). The zero-order valence-electron chi connectivity index (χ0n) is 11.2. The van der Waals surface area contributed by atoms with Crippen molar-refractivity contribution in [1.82, 2.24) is 0 Å². The molecule has 22 heavy (non-hydrogen) atoms. The molecule has 3 aromatic carbocycles. The van der Waals surface area contributed by atoms with Crippen LogP contribution in [0.2, 0.25) is 5.02 Å². The zero-order chi connectivity index (χ0) is 15.7. The maximum absolute atomic E-state index is 13.2. The van der Waals surface area contributed by atoms with Crippen LogP contribution < -0.4 is 5.32 Å². The fourth-order valence-electron chi connectivity index (χ4n) is 2.24. The average Bonchev–Trinajstić information content (AvgIpc) is 2.51. The molecule has 1 amide bonds. The minimum Gasteiger partial charge on any atom is -0.322 e. The Kier molecular flexibility index (Phi) is 4.14. The van der Waals surface area contributed by atoms with Crippen LogP contribution in [-0.4, -0.2) is 5.91 Å². The van der Waals surface area contributed by atoms with Crippen molar-refractivity contribution in [2.24, 2.45) is 0 Å². The van der Waals surface area contributed by atoms with E-state index in [1.54, 1.807) is 6.07 Å². The lowest BCUT2D eigenvalue weighted by molar-refractivity contribution is 0.102. The van der Waals surface area contributed by atoms with Gasteiger partial charge in [-0.2, -0.15) is 0 Å². The van der Waals surface area contributed by atoms with Crippen LogP contribution in [0.4, 0.5) is 10.1 Å². The summed E-state index contributed by atoms with van der Waals surface area (Å²) in [6.45, 7) is 0. The van der Waals surface area contributed by atoms with Crippen LogP contribution in [0.15, 0.2) is 59.1 Å². The number of hydrogen-bond donors (Lipinski definition) is 1. The third-order valence-electron chi connectivity index (χ3n) is 3.29. The summed E-state index contributed by atoms with van der Waals surface area (Å²) in [6, 6.07) is 15.3. The standard InChI is InChI=1S/C17H10BrClFNO/c18-14-6-2-3-11-12(14)4-1-5-13(11)17(22)21-10-7-8-16(20)15(19)9-10/h1-9H,(H,21,22). The normalized spacial score (nSPS) is 10.7. The Morgan fingerprint density at radius 3 is 2.55 bits per heavy atom. The summed E-state index contributed by atoms with van der Waals surface area (Å²) in [4.78, 5) is 12.5. The molecule has 1 N–H and O–H groups in total. The van der Waals surface area contributed by atoms with Crippen molar-refractivity contribution >= 4 is 49.9 Å². The van der Waals surface area contributed by atoms with Crippen LogP contribution >= 0.6 is 27.5 Å². The second kappa shape index (κ2) is 6.07. The number of rotatable bonds is 2. The molecule has 0 heterocycles. The fraction of sp³-hybridized carbons (Fsp3) is 0. The molecule has 0 aliphatic rings. The molecule has 5 heteroatoms. The van der Waals surface area contributed by atoms with E-state index in [0.29, 0.717) is 11.3 Å². The summed E-state index contributed by atoms with van der Waals surface area (Å²) in [5, 5.41) is 4.49. The molecule has 0 saturated heterocycles. The predicted molar refractivity (Wildman–Crippen MR) is 91.0 cm³/mol. The highest BCUT2D eigenvalue weighted by molar-refractivity contribution is 9.10. The maximum atomic E-state index is 13.2. The molecule has 0 bridgehead atoms. The predicted octanol–water partition coefficient (Wildman–Crippen LogP) is 5.65. The molecule has 0 spiro atoms. The lowest BCUT2D eigenvalue weighted by Crippen LogP contribution is -2.12. The Balaban J connectivity index is 1.99. The van der Waals surface area contributed by atoms with Gasteiger partial charge in [-0.15, -0.1) is 0 Å². The minimum absolute atomic E-state index is 0.0292. The van der Waals surface area contributed by atoms with Gasteiger partial charge in [0.15, 0.2) is 0 Å². The van der Waals surface area contributed by atoms with E-state index in [1.807, 2.05) is 30.3 Å². The van der Waals surface area contributed by atoms with Crippen molar-refractivity contribution in [2.75, 3.05) is 5.32 Å². The van der Waals surface area contributed by atoms with Gasteiger partial charge in [-0.3, -0.25) is 4.79 Å². The third-order valence-corrected chi connectivity index (χ3v) is 4.27. The molecule has 0 aliphatic carbocycles. The van der Waals surface area contributed by atoms with Crippen molar-refractivity contribution in [3.63, 3.8) is 0 Å². The minimum atomic E-state index is -0.520. The Morgan fingerprint density at radius 1 is 1.05 bits per heavy atom. The number of carbonyl (C=O) groups excluding carboxylic acids is 1. The molecule has 0 unspecified atom stereocenters. The zero-order valence-corrected chi connectivity index (χ0v) is 13.6. The Bertz CT molecular complexity index is 882. The smallest absolute Gasteiger partial charge is 0.256 e. The largest absolute Gasteiger partial charge is 0.322 e. The van der Waals surface area contributed by atoms with Gasteiger partial charge in [-0.25, -0.2) is 4.39 Å². The lowest BCUT2D eigenvalue weighted by Gasteiger charge is -2.09. The van der Waals surface area contributed by atoms with Crippen LogP contribution in [0.5, 0.6) is 0 Å². The van der Waals surface area contributed by atoms with Crippen LogP contribution in [-0.2, 0) is 0 Å². The van der Waals surface area contributed by atoms with E-state index in [0.717, 1.165) is 15.2 Å². The van der Waals surface area contributed by atoms with Crippen molar-refractivity contribution in [1.29, 1.82) is 0 Å². The SMILES string of the molecule is O=C(Nc1ccc(F)c(Cl)c1)c1cccc2c(Br)cccc12. The first-order valence-corrected chi connectivity index (χ1v) is 7.67. The van der Waals surface area contributed by atoms with Gasteiger partial charge >= 0.3 is 0 Å². The summed E-state index contributed by atoms with van der Waals surface area (Å²) in [5.41, 5.74) is 0.989. The van der Waals surface area contributed by atoms with Crippen LogP contribution in [0.3, 0.4) is 0 Å². The highest BCUT2D eigenvalue weighted by atomic mass is 79.9. The van der Waals surface area contributed by atoms with Crippen LogP contribution in [0.25, 0.3) is 10.8 Å². The monoisotopic (exact) mass is 377 g/mol. The molecule has 0 radical (unpaired) electrons. The number of hydrogen-bond acceptors (Lipinski definition) is 1. The van der Waals surface area contributed by atoms with E-state index < -0.39 is 5.82 Å². The Hall–Kier alpha value is -1.91. The number of amides is 1. The number of benzene rings is 3. The van der Waals surface area contributed by atoms with Gasteiger partial charge < -0.3 is 5.32 Å². The number of nitrogens with one attached hydrogen (secondary N) is 1. The summed E-state index contributed by atoms with van der Waals surface area (Å²) >= 11 is 9.20. The third kappa shape index (κ3) is 2.85. The molecular weight excluding hydrogens is 369 g/mol. The molecule has 0 fully saturated rings. The number of carbonyl (C=O) groups is 1. The topological polar surface area (TPSA) is 29.1 Å². The van der Waals surface area contributed by atoms with Crippen molar-refractivity contribution in [3.8, 4) is 0 Å². The van der Waals surface area contributed by atoms with Gasteiger partial charge in [0, 0.05) is 15.7 Å². The molecule has 0 aliphatic heterocycles. The Labute approximate surface area is 140 Å². The summed E-state index contributed by atoms with van der Waals surface area (Å²) < 4.78 is 14.1. The van der Waals surface area contributed by atoms with Crippen LogP contribution in [0, 0.1) is 5.82 Å². The highest BCUT2D eigenvalue weighted by Gasteiger charge is 2.12. The molecule has 3 aromatic rings. The fourth-order valence-corrected chi connectivity index (χ4v) is 2.92. The number of anilines is 1. The molecule has 0 aromatic heterocycles. The maximum Gasteiger partial charge on any atom is 0.256 e. The molecule has 110 valence electrons. The summed E-state index contributed by atoms with van der Waals surface area (Å²) in [7, 11) is 0. The molecule has 0 saturated carbocycles. The second-order valence-electron chi connectivity index (χ2n) is 4.72. The van der Waals surface area contributed by atoms with Gasteiger partial charge in [0.2, 0.25) is 0 Å². The van der Waals surface area contributed by atoms with Gasteiger partial charge in [0.25, 0.3) is 5.91 Å². The average molecular weight is 379 g/mol. The van der Waals surface area contributed by atoms with E-state index in [9.17, 15) is 9.18 Å². The highest BCUT2D eigenvalue weighted by Crippen LogP contribution is 2.27. The van der Waals surface area contributed by atoms with Gasteiger partial charge in [0.05, 0.1) is 5.02 Å². The van der Waals surface area contributed by atoms with Crippen LogP contribution in [0.1, 0.15) is 10.4 Å². The molecule has 0 atom stereocenters. The van der Waals surface area contributed by atoms with Gasteiger partial charge in [0.1, 0.15) is 5.82 Å². The molecular formula is C17H10BrClFNO. The van der Waals surface area contributed by atoms with Crippen molar-refractivity contribution < 1.29 is 9.18 Å². The van der Waals surface area contributed by atoms with E-state index in [1.165, 1.54) is 18.2 Å². The number of fused-ring (bicyclic) bond motifs is 1. The van der Waals surface area contributed by atoms with E-state index in [4.69, 9.17) is 11.6 Å². The van der Waals surface area contributed by atoms with Gasteiger partial charge in [-0.1, -0.05) is 51.8 Å². The van der Waals surface area contributed by atoms with Crippen molar-refractivity contribution in [2.45, 2.75) is 0 Å². The quantitative estimate of drug-likeness (QED) is 0.613. The van der Waals surface area contributed by atoms with E-state index >= 15 is 0 Å². The summed E-state index contributed by atoms with van der Waals surface area (Å²) in [6.07, 6.45) is 0. The van der Waals surface area contributed by atoms with E-state index in [-0.39, 0.29) is 10.9 Å². The molecule has 2 nitrogen and oxygen atoms in total. The van der Waals surface area contributed by atoms with E-state index in [2.05, 4.69) is 21.2 Å². The lowest BCUT2D eigenvalue weighted by atomic mass is 10.0. The second-order valence-corrected chi connectivity index (χ2v) is 5.99. The van der Waals surface area contributed by atoms with Crippen molar-refractivity contribution in [3.05, 3.63) is 75.5 Å². The first kappa shape index (κ1) is 15.0. The Morgan fingerprint density at radius 2 is 1.77 bits per heavy atom. The first-order chi connectivity index (χ1) is 10.6. The first-order valence-electron chi connectivity index (χ1n) is 6.50. The van der Waals surface area contributed by atoms with Gasteiger partial charge in [-0.05, 0) is 41.1 Å².